The third-order valence-electron chi connectivity index (χ3n) is 4.11. The molecule has 0 atom stereocenters. The highest BCUT2D eigenvalue weighted by atomic mass is 127. The zero-order valence-electron chi connectivity index (χ0n) is 14.7. The number of anilines is 1. The van der Waals surface area contributed by atoms with Crippen LogP contribution in [0.4, 0.5) is 5.69 Å². The van der Waals surface area contributed by atoms with E-state index in [0.29, 0.717) is 16.8 Å². The average Bonchev–Trinajstić information content (AvgIpc) is 3.13. The molecule has 6 nitrogen and oxygen atoms in total. The van der Waals surface area contributed by atoms with Crippen LogP contribution in [-0.2, 0) is 0 Å². The van der Waals surface area contributed by atoms with E-state index < -0.39 is 0 Å². The quantitative estimate of drug-likeness (QED) is 0.341. The SMILES string of the molecule is COc1ccc(-n2nc3ccc(NC(=O)c4cc(I)ccc4I)cc3n2)cc1. The Hall–Kier alpha value is -2.21. The molecule has 0 fully saturated rings. The van der Waals surface area contributed by atoms with Crippen LogP contribution in [-0.4, -0.2) is 28.0 Å². The number of hydrogen-bond acceptors (Lipinski definition) is 4. The molecule has 8 heteroatoms. The largest absolute Gasteiger partial charge is 0.497 e. The molecule has 1 amide bonds. The molecule has 0 bridgehead atoms. The number of nitrogens with zero attached hydrogens (tertiary/aromatic N) is 3. The standard InChI is InChI=1S/C20H14I2N4O2/c1-28-15-6-4-14(5-7-15)26-24-18-9-3-13(11-19(18)25-26)23-20(27)16-10-12(21)2-8-17(16)22/h2-11H,1H3,(H,23,27). The molecule has 1 heterocycles. The van der Waals surface area contributed by atoms with Crippen LogP contribution in [0.1, 0.15) is 10.4 Å². The van der Waals surface area contributed by atoms with Crippen LogP contribution in [0, 0.1) is 7.14 Å². The summed E-state index contributed by atoms with van der Waals surface area (Å²) in [7, 11) is 1.63. The van der Waals surface area contributed by atoms with Gasteiger partial charge >= 0.3 is 0 Å². The highest BCUT2D eigenvalue weighted by molar-refractivity contribution is 14.1. The van der Waals surface area contributed by atoms with Crippen molar-refractivity contribution in [1.29, 1.82) is 0 Å². The van der Waals surface area contributed by atoms with Crippen LogP contribution in [0.5, 0.6) is 5.75 Å². The number of ether oxygens (including phenoxy) is 1. The van der Waals surface area contributed by atoms with Gasteiger partial charge in [-0.05, 0) is 106 Å². The monoisotopic (exact) mass is 596 g/mol. The van der Waals surface area contributed by atoms with Crippen molar-refractivity contribution in [3.05, 3.63) is 73.4 Å². The van der Waals surface area contributed by atoms with E-state index in [1.807, 2.05) is 60.7 Å². The summed E-state index contributed by atoms with van der Waals surface area (Å²) in [6.45, 7) is 0. The van der Waals surface area contributed by atoms with E-state index in [-0.39, 0.29) is 5.91 Å². The van der Waals surface area contributed by atoms with Gasteiger partial charge in [0.15, 0.2) is 0 Å². The number of aromatic nitrogens is 3. The molecule has 140 valence electrons. The molecule has 4 rings (SSSR count). The first-order valence-electron chi connectivity index (χ1n) is 8.31. The fourth-order valence-corrected chi connectivity index (χ4v) is 3.76. The number of hydrogen-bond donors (Lipinski definition) is 1. The minimum atomic E-state index is -0.148. The van der Waals surface area contributed by atoms with Crippen molar-refractivity contribution in [3.63, 3.8) is 0 Å². The molecule has 0 aliphatic carbocycles. The van der Waals surface area contributed by atoms with Crippen molar-refractivity contribution in [3.8, 4) is 11.4 Å². The Balaban J connectivity index is 1.60. The smallest absolute Gasteiger partial charge is 0.256 e. The topological polar surface area (TPSA) is 69.0 Å². The summed E-state index contributed by atoms with van der Waals surface area (Å²) in [4.78, 5) is 14.2. The Morgan fingerprint density at radius 1 is 0.964 bits per heavy atom. The molecule has 0 aliphatic heterocycles. The molecule has 0 radical (unpaired) electrons. The second-order valence-corrected chi connectivity index (χ2v) is 8.38. The number of benzene rings is 3. The van der Waals surface area contributed by atoms with Gasteiger partial charge in [-0.1, -0.05) is 0 Å². The first-order chi connectivity index (χ1) is 13.5. The van der Waals surface area contributed by atoms with Crippen LogP contribution in [0.2, 0.25) is 0 Å². The molecule has 4 aromatic rings. The zero-order valence-corrected chi connectivity index (χ0v) is 19.0. The van der Waals surface area contributed by atoms with E-state index in [9.17, 15) is 4.79 Å². The Bertz CT molecular complexity index is 1170. The third kappa shape index (κ3) is 3.97. The van der Waals surface area contributed by atoms with Crippen molar-refractivity contribution in [2.24, 2.45) is 0 Å². The van der Waals surface area contributed by atoms with Gasteiger partial charge in [-0.2, -0.15) is 4.80 Å². The van der Waals surface area contributed by atoms with Crippen LogP contribution < -0.4 is 10.1 Å². The van der Waals surface area contributed by atoms with Gasteiger partial charge in [0, 0.05) is 12.8 Å². The summed E-state index contributed by atoms with van der Waals surface area (Å²) in [5.41, 5.74) is 3.60. The minimum Gasteiger partial charge on any atom is -0.497 e. The summed E-state index contributed by atoms with van der Waals surface area (Å²) in [5.74, 6) is 0.625. The highest BCUT2D eigenvalue weighted by Crippen LogP contribution is 2.21. The maximum atomic E-state index is 12.6. The van der Waals surface area contributed by atoms with Crippen LogP contribution >= 0.6 is 45.2 Å². The molecule has 0 spiro atoms. The van der Waals surface area contributed by atoms with Gasteiger partial charge in [0.25, 0.3) is 5.91 Å². The Morgan fingerprint density at radius 3 is 2.46 bits per heavy atom. The van der Waals surface area contributed by atoms with E-state index in [1.54, 1.807) is 11.9 Å². The maximum absolute atomic E-state index is 12.6. The predicted octanol–water partition coefficient (Wildman–Crippen LogP) is 4.89. The van der Waals surface area contributed by atoms with Crippen molar-refractivity contribution >= 4 is 67.8 Å². The normalized spacial score (nSPS) is 10.8. The van der Waals surface area contributed by atoms with E-state index in [4.69, 9.17) is 4.74 Å². The van der Waals surface area contributed by atoms with Crippen molar-refractivity contribution in [2.75, 3.05) is 12.4 Å². The van der Waals surface area contributed by atoms with Gasteiger partial charge in [-0.3, -0.25) is 4.79 Å². The summed E-state index contributed by atoms with van der Waals surface area (Å²) in [5, 5.41) is 12.0. The molecule has 1 aromatic heterocycles. The van der Waals surface area contributed by atoms with Crippen LogP contribution in [0.25, 0.3) is 16.7 Å². The van der Waals surface area contributed by atoms with Crippen LogP contribution in [0.15, 0.2) is 60.7 Å². The van der Waals surface area contributed by atoms with E-state index in [1.165, 1.54) is 0 Å². The van der Waals surface area contributed by atoms with Gasteiger partial charge in [0.05, 0.1) is 18.4 Å². The lowest BCUT2D eigenvalue weighted by Gasteiger charge is -2.07. The second kappa shape index (κ2) is 8.03. The van der Waals surface area contributed by atoms with Crippen LogP contribution in [0.3, 0.4) is 0 Å². The van der Waals surface area contributed by atoms with Crippen molar-refractivity contribution < 1.29 is 9.53 Å². The van der Waals surface area contributed by atoms with Gasteiger partial charge in [0.2, 0.25) is 0 Å². The maximum Gasteiger partial charge on any atom is 0.256 e. The first-order valence-corrected chi connectivity index (χ1v) is 10.5. The summed E-state index contributed by atoms with van der Waals surface area (Å²) >= 11 is 4.36. The molecule has 0 saturated heterocycles. The predicted molar refractivity (Wildman–Crippen MR) is 125 cm³/mol. The number of halogens is 2. The molecule has 0 saturated carbocycles. The van der Waals surface area contributed by atoms with E-state index >= 15 is 0 Å². The number of fused-ring (bicyclic) bond motifs is 1. The second-order valence-electron chi connectivity index (χ2n) is 5.97. The Kier molecular flexibility index (Phi) is 5.49. The number of carbonyl (C=O) groups is 1. The number of methoxy groups -OCH3 is 1. The number of nitrogens with one attached hydrogen (secondary N) is 1. The van der Waals surface area contributed by atoms with Gasteiger partial charge in [0.1, 0.15) is 16.8 Å². The Morgan fingerprint density at radius 2 is 1.71 bits per heavy atom. The van der Waals surface area contributed by atoms with Crippen molar-refractivity contribution in [2.45, 2.75) is 0 Å². The molecule has 0 aliphatic rings. The fraction of sp³-hybridized carbons (Fsp3) is 0.0500. The fourth-order valence-electron chi connectivity index (χ4n) is 2.69. The zero-order chi connectivity index (χ0) is 19.7. The minimum absolute atomic E-state index is 0.148. The van der Waals surface area contributed by atoms with E-state index in [0.717, 1.165) is 24.1 Å². The molecular weight excluding hydrogens is 582 g/mol. The highest BCUT2D eigenvalue weighted by Gasteiger charge is 2.12. The van der Waals surface area contributed by atoms with Gasteiger partial charge in [-0.25, -0.2) is 0 Å². The number of rotatable bonds is 4. The van der Waals surface area contributed by atoms with E-state index in [2.05, 4.69) is 60.7 Å². The summed E-state index contributed by atoms with van der Waals surface area (Å²) in [6, 6.07) is 18.8. The Labute approximate surface area is 188 Å². The summed E-state index contributed by atoms with van der Waals surface area (Å²) in [6.07, 6.45) is 0. The molecule has 1 N–H and O–H groups in total. The number of carbonyl (C=O) groups excluding carboxylic acids is 1. The summed E-state index contributed by atoms with van der Waals surface area (Å²) < 4.78 is 7.10. The molecule has 3 aromatic carbocycles. The van der Waals surface area contributed by atoms with Gasteiger partial charge < -0.3 is 10.1 Å². The average molecular weight is 596 g/mol. The molecular formula is C20H14I2N4O2. The lowest BCUT2D eigenvalue weighted by Crippen LogP contribution is -2.13. The third-order valence-corrected chi connectivity index (χ3v) is 5.73. The van der Waals surface area contributed by atoms with Crippen molar-refractivity contribution in [1.82, 2.24) is 15.0 Å². The first kappa shape index (κ1) is 19.1. The molecule has 28 heavy (non-hydrogen) atoms. The number of amides is 1. The lowest BCUT2D eigenvalue weighted by atomic mass is 10.2. The molecule has 0 unspecified atom stereocenters. The lowest BCUT2D eigenvalue weighted by molar-refractivity contribution is 0.102. The van der Waals surface area contributed by atoms with Gasteiger partial charge in [-0.15, -0.1) is 10.2 Å².